The van der Waals surface area contributed by atoms with Crippen molar-refractivity contribution in [2.75, 3.05) is 38.6 Å². The summed E-state index contributed by atoms with van der Waals surface area (Å²) in [6.45, 7) is 6.85. The number of aryl methyl sites for hydroxylation is 2. The molecular formula is C13H24N4O. The van der Waals surface area contributed by atoms with Gasteiger partial charge in [-0.2, -0.15) is 5.10 Å². The van der Waals surface area contributed by atoms with E-state index in [4.69, 9.17) is 0 Å². The molecule has 18 heavy (non-hydrogen) atoms. The molecule has 0 unspecified atom stereocenters. The SMILES string of the molecule is CCN(CCCN(C)C)c1c(C=O)c(C)nn1C. The highest BCUT2D eigenvalue weighted by atomic mass is 16.1. The first kappa shape index (κ1) is 14.7. The average molecular weight is 252 g/mol. The van der Waals surface area contributed by atoms with Gasteiger partial charge in [0.1, 0.15) is 5.82 Å². The van der Waals surface area contributed by atoms with Gasteiger partial charge in [-0.15, -0.1) is 0 Å². The summed E-state index contributed by atoms with van der Waals surface area (Å²) in [4.78, 5) is 15.6. The van der Waals surface area contributed by atoms with E-state index < -0.39 is 0 Å². The van der Waals surface area contributed by atoms with Crippen LogP contribution in [0.15, 0.2) is 0 Å². The maximum absolute atomic E-state index is 11.2. The van der Waals surface area contributed by atoms with Gasteiger partial charge in [0, 0.05) is 20.1 Å². The second-order valence-corrected chi connectivity index (χ2v) is 4.80. The lowest BCUT2D eigenvalue weighted by atomic mass is 10.2. The highest BCUT2D eigenvalue weighted by Crippen LogP contribution is 2.21. The number of carbonyl (C=O) groups excluding carboxylic acids is 1. The Bertz CT molecular complexity index is 398. The van der Waals surface area contributed by atoms with Crippen LogP contribution in [0.4, 0.5) is 5.82 Å². The molecule has 0 aliphatic rings. The Kier molecular flexibility index (Phi) is 5.34. The van der Waals surface area contributed by atoms with Crippen LogP contribution in [0.2, 0.25) is 0 Å². The number of hydrogen-bond acceptors (Lipinski definition) is 4. The Morgan fingerprint density at radius 2 is 2.00 bits per heavy atom. The minimum Gasteiger partial charge on any atom is -0.356 e. The second kappa shape index (κ2) is 6.54. The molecule has 5 nitrogen and oxygen atoms in total. The van der Waals surface area contributed by atoms with Crippen LogP contribution < -0.4 is 4.90 Å². The van der Waals surface area contributed by atoms with E-state index in [2.05, 4.69) is 35.9 Å². The van der Waals surface area contributed by atoms with Crippen LogP contribution in [0.3, 0.4) is 0 Å². The van der Waals surface area contributed by atoms with Crippen LogP contribution in [0, 0.1) is 6.92 Å². The molecule has 5 heteroatoms. The minimum absolute atomic E-state index is 0.712. The smallest absolute Gasteiger partial charge is 0.155 e. The maximum Gasteiger partial charge on any atom is 0.155 e. The Labute approximate surface area is 109 Å². The minimum atomic E-state index is 0.712. The molecule has 1 aromatic heterocycles. The van der Waals surface area contributed by atoms with Crippen molar-refractivity contribution in [2.24, 2.45) is 7.05 Å². The van der Waals surface area contributed by atoms with Gasteiger partial charge in [0.05, 0.1) is 11.3 Å². The van der Waals surface area contributed by atoms with Crippen LogP contribution in [0.5, 0.6) is 0 Å². The molecule has 1 heterocycles. The van der Waals surface area contributed by atoms with E-state index in [0.29, 0.717) is 5.56 Å². The molecule has 0 amide bonds. The Morgan fingerprint density at radius 1 is 1.33 bits per heavy atom. The Balaban J connectivity index is 2.84. The first-order chi connectivity index (χ1) is 8.51. The molecule has 0 atom stereocenters. The van der Waals surface area contributed by atoms with Crippen molar-refractivity contribution in [3.8, 4) is 0 Å². The normalized spacial score (nSPS) is 11.0. The second-order valence-electron chi connectivity index (χ2n) is 4.80. The van der Waals surface area contributed by atoms with E-state index in [0.717, 1.165) is 43.9 Å². The van der Waals surface area contributed by atoms with Gasteiger partial charge >= 0.3 is 0 Å². The molecule has 0 saturated heterocycles. The van der Waals surface area contributed by atoms with Crippen molar-refractivity contribution < 1.29 is 4.79 Å². The standard InChI is InChI=1S/C13H24N4O/c1-6-17(9-7-8-15(3)4)13-12(10-18)11(2)14-16(13)5/h10H,6-9H2,1-5H3. The molecule has 0 radical (unpaired) electrons. The summed E-state index contributed by atoms with van der Waals surface area (Å²) in [5.74, 6) is 0.934. The number of aldehydes is 1. The molecule has 0 fully saturated rings. The molecule has 0 aliphatic heterocycles. The number of nitrogens with zero attached hydrogens (tertiary/aromatic N) is 4. The quantitative estimate of drug-likeness (QED) is 0.686. The third-order valence-electron chi connectivity index (χ3n) is 3.07. The first-order valence-electron chi connectivity index (χ1n) is 6.39. The van der Waals surface area contributed by atoms with Gasteiger partial charge < -0.3 is 9.80 Å². The lowest BCUT2D eigenvalue weighted by Gasteiger charge is -2.24. The molecule has 1 rings (SSSR count). The molecule has 1 aromatic rings. The molecular weight excluding hydrogens is 228 g/mol. The number of hydrogen-bond donors (Lipinski definition) is 0. The average Bonchev–Trinajstić information content (AvgIpc) is 2.59. The fourth-order valence-corrected chi connectivity index (χ4v) is 2.17. The zero-order valence-corrected chi connectivity index (χ0v) is 12.1. The molecule has 0 bridgehead atoms. The van der Waals surface area contributed by atoms with Crippen LogP contribution in [0.1, 0.15) is 29.4 Å². The summed E-state index contributed by atoms with van der Waals surface area (Å²) >= 11 is 0. The molecule has 0 aliphatic carbocycles. The van der Waals surface area contributed by atoms with E-state index in [1.165, 1.54) is 0 Å². The lowest BCUT2D eigenvalue weighted by Crippen LogP contribution is -2.29. The number of rotatable bonds is 7. The van der Waals surface area contributed by atoms with Crippen molar-refractivity contribution in [3.05, 3.63) is 11.3 Å². The summed E-state index contributed by atoms with van der Waals surface area (Å²) in [6, 6.07) is 0. The molecule has 0 N–H and O–H groups in total. The van der Waals surface area contributed by atoms with Gasteiger partial charge in [0.25, 0.3) is 0 Å². The predicted molar refractivity (Wildman–Crippen MR) is 74.4 cm³/mol. The number of anilines is 1. The molecule has 0 spiro atoms. The van der Waals surface area contributed by atoms with E-state index in [9.17, 15) is 4.79 Å². The third kappa shape index (κ3) is 3.32. The Hall–Kier alpha value is -1.36. The van der Waals surface area contributed by atoms with Crippen LogP contribution >= 0.6 is 0 Å². The number of carbonyl (C=O) groups is 1. The van der Waals surface area contributed by atoms with Gasteiger partial charge in [0.2, 0.25) is 0 Å². The van der Waals surface area contributed by atoms with Gasteiger partial charge in [-0.3, -0.25) is 9.48 Å². The first-order valence-corrected chi connectivity index (χ1v) is 6.39. The van der Waals surface area contributed by atoms with Crippen molar-refractivity contribution in [3.63, 3.8) is 0 Å². The van der Waals surface area contributed by atoms with Crippen LogP contribution in [-0.2, 0) is 7.05 Å². The van der Waals surface area contributed by atoms with Crippen LogP contribution in [-0.4, -0.2) is 54.7 Å². The van der Waals surface area contributed by atoms with Crippen molar-refractivity contribution in [2.45, 2.75) is 20.3 Å². The third-order valence-corrected chi connectivity index (χ3v) is 3.07. The maximum atomic E-state index is 11.2. The van der Waals surface area contributed by atoms with Gasteiger partial charge in [0.15, 0.2) is 6.29 Å². The highest BCUT2D eigenvalue weighted by Gasteiger charge is 2.17. The van der Waals surface area contributed by atoms with E-state index >= 15 is 0 Å². The molecule has 102 valence electrons. The highest BCUT2D eigenvalue weighted by molar-refractivity contribution is 5.84. The fraction of sp³-hybridized carbons (Fsp3) is 0.692. The zero-order chi connectivity index (χ0) is 13.7. The van der Waals surface area contributed by atoms with Crippen LogP contribution in [0.25, 0.3) is 0 Å². The molecule has 0 aromatic carbocycles. The van der Waals surface area contributed by atoms with Crippen molar-refractivity contribution in [1.82, 2.24) is 14.7 Å². The number of aromatic nitrogens is 2. The van der Waals surface area contributed by atoms with Gasteiger partial charge in [-0.1, -0.05) is 0 Å². The summed E-state index contributed by atoms with van der Waals surface area (Å²) in [6.07, 6.45) is 1.98. The zero-order valence-electron chi connectivity index (χ0n) is 12.1. The largest absolute Gasteiger partial charge is 0.356 e. The topological polar surface area (TPSA) is 41.4 Å². The van der Waals surface area contributed by atoms with E-state index in [1.54, 1.807) is 4.68 Å². The van der Waals surface area contributed by atoms with E-state index in [-0.39, 0.29) is 0 Å². The molecule has 0 saturated carbocycles. The van der Waals surface area contributed by atoms with Crippen molar-refractivity contribution in [1.29, 1.82) is 0 Å². The lowest BCUT2D eigenvalue weighted by molar-refractivity contribution is 0.112. The van der Waals surface area contributed by atoms with Gasteiger partial charge in [-0.05, 0) is 40.9 Å². The van der Waals surface area contributed by atoms with Gasteiger partial charge in [-0.25, -0.2) is 0 Å². The summed E-state index contributed by atoms with van der Waals surface area (Å²) in [5.41, 5.74) is 1.51. The Morgan fingerprint density at radius 3 is 2.50 bits per heavy atom. The predicted octanol–water partition coefficient (Wildman–Crippen LogP) is 1.32. The fourth-order valence-electron chi connectivity index (χ4n) is 2.17. The summed E-state index contributed by atoms with van der Waals surface area (Å²) in [7, 11) is 6.03. The summed E-state index contributed by atoms with van der Waals surface area (Å²) in [5, 5.41) is 4.33. The monoisotopic (exact) mass is 252 g/mol. The summed E-state index contributed by atoms with van der Waals surface area (Å²) < 4.78 is 1.80. The van der Waals surface area contributed by atoms with E-state index in [1.807, 2.05) is 14.0 Å². The van der Waals surface area contributed by atoms with Crippen molar-refractivity contribution >= 4 is 12.1 Å².